The van der Waals surface area contributed by atoms with Crippen LogP contribution in [0.2, 0.25) is 0 Å². The van der Waals surface area contributed by atoms with Crippen molar-refractivity contribution in [1.29, 1.82) is 0 Å². The number of carbonyl (C=O) groups is 2. The fourth-order valence-corrected chi connectivity index (χ4v) is 4.94. The lowest BCUT2D eigenvalue weighted by Gasteiger charge is -2.31. The van der Waals surface area contributed by atoms with Crippen LogP contribution in [0.25, 0.3) is 0 Å². The minimum atomic E-state index is -1.20. The second-order valence-electron chi connectivity index (χ2n) is 9.01. The minimum absolute atomic E-state index is 0.106. The third kappa shape index (κ3) is 7.41. The van der Waals surface area contributed by atoms with Crippen molar-refractivity contribution in [3.05, 3.63) is 113 Å². The molecule has 40 heavy (non-hydrogen) atoms. The summed E-state index contributed by atoms with van der Waals surface area (Å²) in [5.74, 6) is -1.50. The van der Waals surface area contributed by atoms with E-state index in [1.165, 1.54) is 42.3 Å². The summed E-state index contributed by atoms with van der Waals surface area (Å²) in [6, 6.07) is 18.7. The van der Waals surface area contributed by atoms with Gasteiger partial charge in [-0.3, -0.25) is 9.59 Å². The van der Waals surface area contributed by atoms with E-state index in [1.54, 1.807) is 42.5 Å². The van der Waals surface area contributed by atoms with Crippen molar-refractivity contribution in [2.75, 3.05) is 18.2 Å². The monoisotopic (exact) mass is 562 g/mol. The Balaban J connectivity index is 1.70. The van der Waals surface area contributed by atoms with E-state index in [1.807, 2.05) is 19.9 Å². The van der Waals surface area contributed by atoms with E-state index in [9.17, 15) is 18.4 Å². The highest BCUT2D eigenvalue weighted by atomic mass is 32.2. The van der Waals surface area contributed by atoms with Crippen molar-refractivity contribution in [2.24, 2.45) is 0 Å². The first kappa shape index (κ1) is 28.7. The molecule has 1 N–H and O–H groups in total. The van der Waals surface area contributed by atoms with Gasteiger partial charge in [-0.25, -0.2) is 18.7 Å². The third-order valence-corrected chi connectivity index (χ3v) is 6.84. The Morgan fingerprint density at radius 1 is 0.950 bits per heavy atom. The van der Waals surface area contributed by atoms with E-state index in [0.29, 0.717) is 22.2 Å². The molecule has 206 valence electrons. The molecule has 0 saturated carbocycles. The number of rotatable bonds is 10. The van der Waals surface area contributed by atoms with Gasteiger partial charge in [-0.15, -0.1) is 0 Å². The van der Waals surface area contributed by atoms with Crippen LogP contribution in [0.3, 0.4) is 0 Å². The average Bonchev–Trinajstić information content (AvgIpc) is 2.93. The van der Waals surface area contributed by atoms with Crippen LogP contribution < -0.4 is 10.1 Å². The Morgan fingerprint density at radius 3 is 2.23 bits per heavy atom. The fraction of sp³-hybridized carbons (Fsp3) is 0.200. The Bertz CT molecular complexity index is 1460. The van der Waals surface area contributed by atoms with Gasteiger partial charge in [0.1, 0.15) is 23.4 Å². The zero-order valence-corrected chi connectivity index (χ0v) is 23.0. The van der Waals surface area contributed by atoms with Gasteiger partial charge in [0.2, 0.25) is 5.91 Å². The van der Waals surface area contributed by atoms with Crippen molar-refractivity contribution < 1.29 is 23.1 Å². The van der Waals surface area contributed by atoms with Gasteiger partial charge in [-0.2, -0.15) is 0 Å². The molecule has 3 aromatic carbocycles. The molecule has 0 unspecified atom stereocenters. The summed E-state index contributed by atoms with van der Waals surface area (Å²) in [6.07, 6.45) is 0. The van der Waals surface area contributed by atoms with Gasteiger partial charge in [-0.1, -0.05) is 42.1 Å². The highest BCUT2D eigenvalue weighted by Crippen LogP contribution is 2.28. The van der Waals surface area contributed by atoms with Crippen molar-refractivity contribution >= 4 is 29.3 Å². The summed E-state index contributed by atoms with van der Waals surface area (Å²) in [4.78, 5) is 37.6. The van der Waals surface area contributed by atoms with Crippen molar-refractivity contribution in [1.82, 2.24) is 14.9 Å². The lowest BCUT2D eigenvalue weighted by molar-refractivity contribution is -0.137. The molecular formula is C30H28F2N4O3S. The number of ether oxygens (including phenoxy) is 1. The summed E-state index contributed by atoms with van der Waals surface area (Å²) < 4.78 is 33.8. The number of nitrogens with zero attached hydrogens (tertiary/aromatic N) is 3. The molecule has 1 heterocycles. The van der Waals surface area contributed by atoms with E-state index >= 15 is 0 Å². The van der Waals surface area contributed by atoms with Crippen LogP contribution in [0, 0.1) is 25.5 Å². The summed E-state index contributed by atoms with van der Waals surface area (Å²) >= 11 is 1.12. The molecule has 0 fully saturated rings. The average molecular weight is 563 g/mol. The number of carbonyl (C=O) groups excluding carboxylic acids is 2. The Morgan fingerprint density at radius 2 is 1.60 bits per heavy atom. The van der Waals surface area contributed by atoms with Gasteiger partial charge in [-0.05, 0) is 67.9 Å². The molecule has 0 aliphatic rings. The highest BCUT2D eigenvalue weighted by molar-refractivity contribution is 7.99. The van der Waals surface area contributed by atoms with E-state index in [2.05, 4.69) is 15.3 Å². The molecule has 0 radical (unpaired) electrons. The van der Waals surface area contributed by atoms with Crippen LogP contribution in [0.15, 0.2) is 84.0 Å². The summed E-state index contributed by atoms with van der Waals surface area (Å²) in [6.45, 7) is 3.47. The smallest absolute Gasteiger partial charge is 0.251 e. The van der Waals surface area contributed by atoms with Gasteiger partial charge >= 0.3 is 0 Å². The second-order valence-corrected chi connectivity index (χ2v) is 9.95. The molecule has 0 saturated heterocycles. The Labute approximate surface area is 235 Å². The van der Waals surface area contributed by atoms with Crippen LogP contribution in [0.1, 0.15) is 28.6 Å². The molecule has 0 spiro atoms. The first-order valence-corrected chi connectivity index (χ1v) is 13.4. The first-order valence-electron chi connectivity index (χ1n) is 12.4. The Kier molecular flexibility index (Phi) is 9.44. The Hall–Kier alpha value is -4.31. The van der Waals surface area contributed by atoms with Crippen LogP contribution in [0.5, 0.6) is 5.75 Å². The number of methoxy groups -OCH3 is 1. The molecule has 0 aliphatic heterocycles. The van der Waals surface area contributed by atoms with Gasteiger partial charge in [0.25, 0.3) is 5.91 Å². The zero-order chi connectivity index (χ0) is 28.6. The number of anilines is 1. The normalized spacial score (nSPS) is 11.5. The number of amides is 2. The number of aryl methyl sites for hydroxylation is 2. The van der Waals surface area contributed by atoms with Crippen LogP contribution in [-0.2, 0) is 16.1 Å². The maximum absolute atomic E-state index is 14.8. The van der Waals surface area contributed by atoms with Crippen LogP contribution in [-0.4, -0.2) is 39.5 Å². The maximum atomic E-state index is 14.8. The van der Waals surface area contributed by atoms with E-state index in [-0.39, 0.29) is 17.9 Å². The number of thioether (sulfide) groups is 1. The molecule has 1 atom stereocenters. The number of hydrogen-bond acceptors (Lipinski definition) is 6. The SMILES string of the molecule is COc1ccc(NC(=O)[C@H](c2ccc(F)cc2)N(Cc2ccccc2F)C(=O)CSc2nc(C)cc(C)n2)cc1. The number of aromatic nitrogens is 2. The minimum Gasteiger partial charge on any atom is -0.497 e. The van der Waals surface area contributed by atoms with Gasteiger partial charge in [0.05, 0.1) is 12.9 Å². The molecule has 0 aliphatic carbocycles. The van der Waals surface area contributed by atoms with Crippen LogP contribution in [0.4, 0.5) is 14.5 Å². The van der Waals surface area contributed by atoms with Crippen molar-refractivity contribution in [3.63, 3.8) is 0 Å². The molecule has 2 amide bonds. The number of halogens is 2. The fourth-order valence-electron chi connectivity index (χ4n) is 4.10. The van der Waals surface area contributed by atoms with Gasteiger partial charge < -0.3 is 15.0 Å². The van der Waals surface area contributed by atoms with E-state index in [0.717, 1.165) is 23.1 Å². The third-order valence-electron chi connectivity index (χ3n) is 6.01. The van der Waals surface area contributed by atoms with Gasteiger partial charge in [0.15, 0.2) is 5.16 Å². The number of hydrogen-bond donors (Lipinski definition) is 1. The molecule has 10 heteroatoms. The first-order chi connectivity index (χ1) is 19.2. The lowest BCUT2D eigenvalue weighted by atomic mass is 10.0. The summed E-state index contributed by atoms with van der Waals surface area (Å²) in [7, 11) is 1.53. The molecule has 4 rings (SSSR count). The molecular weight excluding hydrogens is 534 g/mol. The zero-order valence-electron chi connectivity index (χ0n) is 22.2. The molecule has 7 nitrogen and oxygen atoms in total. The molecule has 0 bridgehead atoms. The molecule has 4 aromatic rings. The highest BCUT2D eigenvalue weighted by Gasteiger charge is 2.32. The second kappa shape index (κ2) is 13.2. The lowest BCUT2D eigenvalue weighted by Crippen LogP contribution is -2.42. The predicted octanol–water partition coefficient (Wildman–Crippen LogP) is 5.88. The maximum Gasteiger partial charge on any atom is 0.251 e. The van der Waals surface area contributed by atoms with Gasteiger partial charge in [0, 0.05) is 29.2 Å². The predicted molar refractivity (Wildman–Crippen MR) is 150 cm³/mol. The standard InChI is InChI=1S/C30H28F2N4O3S/c1-19-16-20(2)34-30(33-19)40-18-27(37)36(17-22-6-4-5-7-26(22)32)28(21-8-10-23(31)11-9-21)29(38)35-24-12-14-25(39-3)15-13-24/h4-16,28H,17-18H2,1-3H3,(H,35,38)/t28-/m0/s1. The molecule has 1 aromatic heterocycles. The van der Waals surface area contributed by atoms with Crippen LogP contribution >= 0.6 is 11.8 Å². The van der Waals surface area contributed by atoms with E-state index in [4.69, 9.17) is 4.74 Å². The van der Waals surface area contributed by atoms with E-state index < -0.39 is 29.5 Å². The summed E-state index contributed by atoms with van der Waals surface area (Å²) in [5.41, 5.74) is 2.58. The topological polar surface area (TPSA) is 84.4 Å². The largest absolute Gasteiger partial charge is 0.497 e. The quantitative estimate of drug-likeness (QED) is 0.192. The van der Waals surface area contributed by atoms with Crippen molar-refractivity contribution in [2.45, 2.75) is 31.6 Å². The summed E-state index contributed by atoms with van der Waals surface area (Å²) in [5, 5.41) is 3.24. The number of nitrogens with one attached hydrogen (secondary N) is 1. The van der Waals surface area contributed by atoms with Crippen molar-refractivity contribution in [3.8, 4) is 5.75 Å². The number of benzene rings is 3.